The maximum Gasteiger partial charge on any atom is 0.306 e. The van der Waals surface area contributed by atoms with Gasteiger partial charge in [-0.1, -0.05) is 87.1 Å². The van der Waals surface area contributed by atoms with Gasteiger partial charge in [0.05, 0.1) is 19.0 Å². The molecule has 1 aromatic carbocycles. The first-order chi connectivity index (χ1) is 26.6. The fourth-order valence-corrected chi connectivity index (χ4v) is 9.71. The minimum Gasteiger partial charge on any atom is -0.507 e. The van der Waals surface area contributed by atoms with E-state index in [0.29, 0.717) is 18.1 Å². The molecule has 3 fully saturated rings. The van der Waals surface area contributed by atoms with Crippen LogP contribution in [0.3, 0.4) is 0 Å². The number of unbranched alkanes of at least 4 members (excludes halogenated alkanes) is 5. The molecule has 0 unspecified atom stereocenters. The van der Waals surface area contributed by atoms with Crippen molar-refractivity contribution in [3.63, 3.8) is 0 Å². The Labute approximate surface area is 355 Å². The van der Waals surface area contributed by atoms with Crippen LogP contribution in [0.25, 0.3) is 0 Å². The number of nitrogens with one attached hydrogen (secondary N) is 2. The van der Waals surface area contributed by atoms with Crippen molar-refractivity contribution in [1.29, 1.82) is 0 Å². The minimum atomic E-state index is -0.332. The highest BCUT2D eigenvalue weighted by Crippen LogP contribution is 2.42. The van der Waals surface area contributed by atoms with E-state index in [1.807, 2.05) is 0 Å². The Morgan fingerprint density at radius 3 is 1.52 bits per heavy atom. The highest BCUT2D eigenvalue weighted by molar-refractivity contribution is 5.69. The number of carbonyl (C=O) groups is 1. The van der Waals surface area contributed by atoms with Crippen molar-refractivity contribution in [2.75, 3.05) is 13.2 Å². The second-order valence-electron chi connectivity index (χ2n) is 22.7. The summed E-state index contributed by atoms with van der Waals surface area (Å²) < 4.78 is 24.0. The summed E-state index contributed by atoms with van der Waals surface area (Å²) in [6.45, 7) is 38.3. The van der Waals surface area contributed by atoms with Crippen molar-refractivity contribution in [2.24, 2.45) is 5.92 Å². The lowest BCUT2D eigenvalue weighted by Gasteiger charge is -2.46. The molecule has 3 N–H and O–H groups in total. The van der Waals surface area contributed by atoms with E-state index in [9.17, 15) is 9.90 Å². The largest absolute Gasteiger partial charge is 0.507 e. The van der Waals surface area contributed by atoms with E-state index in [0.717, 1.165) is 99.9 Å². The number of piperidine rings is 2. The van der Waals surface area contributed by atoms with Crippen molar-refractivity contribution in [2.45, 2.75) is 245 Å². The third-order valence-corrected chi connectivity index (χ3v) is 11.7. The molecule has 0 amide bonds. The number of hydrogen-bond donors (Lipinski definition) is 3. The van der Waals surface area contributed by atoms with Crippen LogP contribution in [0.15, 0.2) is 24.5 Å². The number of esters is 1. The van der Waals surface area contributed by atoms with Crippen LogP contribution in [0.1, 0.15) is 217 Å². The number of rotatable bonds is 15. The quantitative estimate of drug-likeness (QED) is 0.0915. The van der Waals surface area contributed by atoms with Crippen molar-refractivity contribution in [3.05, 3.63) is 41.2 Å². The molecule has 3 aliphatic rings. The third kappa shape index (κ3) is 17.1. The number of allylic oxidation sites excluding steroid dienone is 1. The molecule has 8 nitrogen and oxygen atoms in total. The van der Waals surface area contributed by atoms with E-state index in [4.69, 9.17) is 18.9 Å². The molecule has 0 atom stereocenters. The van der Waals surface area contributed by atoms with Gasteiger partial charge >= 0.3 is 5.97 Å². The highest BCUT2D eigenvalue weighted by atomic mass is 16.7. The molecule has 0 radical (unpaired) electrons. The lowest BCUT2D eigenvalue weighted by Crippen LogP contribution is -2.59. The third-order valence-electron chi connectivity index (χ3n) is 11.7. The molecule has 3 saturated heterocycles. The molecule has 3 heterocycles. The summed E-state index contributed by atoms with van der Waals surface area (Å²) in [5.74, 6) is 1.80. The normalized spacial score (nSPS) is 23.4. The summed E-state index contributed by atoms with van der Waals surface area (Å²) >= 11 is 0. The number of carbonyl (C=O) groups excluding carboxylic acids is 1. The van der Waals surface area contributed by atoms with Gasteiger partial charge in [0.1, 0.15) is 18.0 Å². The molecule has 8 heteroatoms. The summed E-state index contributed by atoms with van der Waals surface area (Å²) in [5.41, 5.74) is 2.84. The predicted molar refractivity (Wildman–Crippen MR) is 240 cm³/mol. The molecular formula is C50H88N2O6. The molecule has 0 spiro atoms. The van der Waals surface area contributed by atoms with Gasteiger partial charge in [0.2, 0.25) is 0 Å². The Morgan fingerprint density at radius 1 is 0.707 bits per heavy atom. The van der Waals surface area contributed by atoms with Crippen molar-refractivity contribution < 1.29 is 28.8 Å². The van der Waals surface area contributed by atoms with Gasteiger partial charge < -0.3 is 34.7 Å². The fraction of sp³-hybridized carbons (Fsp3) is 0.820. The zero-order chi connectivity index (χ0) is 43.7. The summed E-state index contributed by atoms with van der Waals surface area (Å²) in [6.07, 6.45) is 14.2. The van der Waals surface area contributed by atoms with E-state index in [1.54, 1.807) is 0 Å². The average Bonchev–Trinajstić information content (AvgIpc) is 3.03. The maximum absolute atomic E-state index is 12.3. The standard InChI is InChI=1S/C29H54N2O3.C21H34O3/c1-22(33-23-18-26(2,3)30-27(4,5)19-23)16-14-12-10-11-13-15-17-25(32)34-24-20-28(6,7)31-29(8,9)21-24;1-8-9-14-12-23-19(24-13-14)15-10-16(20(2,3)4)18(22)17(11-15)21(5,6)7/h23-24,30-31H,1,10-21H2,2-9H3;10-11,14,19,22H,8-9,12-13H2,1-7H3. The zero-order valence-corrected chi connectivity index (χ0v) is 40.0. The number of hydrogen-bond acceptors (Lipinski definition) is 8. The summed E-state index contributed by atoms with van der Waals surface area (Å²) in [5, 5.41) is 18.2. The second-order valence-corrected chi connectivity index (χ2v) is 22.7. The van der Waals surface area contributed by atoms with Gasteiger partial charge in [-0.15, -0.1) is 0 Å². The van der Waals surface area contributed by atoms with Crippen LogP contribution in [0.2, 0.25) is 0 Å². The molecule has 4 rings (SSSR count). The van der Waals surface area contributed by atoms with Crippen molar-refractivity contribution in [3.8, 4) is 5.75 Å². The topological polar surface area (TPSA) is 98.3 Å². The number of ether oxygens (including phenoxy) is 4. The summed E-state index contributed by atoms with van der Waals surface area (Å²) in [6, 6.07) is 4.10. The van der Waals surface area contributed by atoms with Crippen molar-refractivity contribution >= 4 is 5.97 Å². The van der Waals surface area contributed by atoms with Gasteiger partial charge in [-0.05, 0) is 109 Å². The minimum absolute atomic E-state index is 0.00380. The Hall–Kier alpha value is -2.13. The SMILES string of the molecule is C=C(CCCCCCCCC(=O)OC1CC(C)(C)NC(C)(C)C1)OC1CC(C)(C)NC(C)(C)C1.CCCC1COC(c2cc(C(C)(C)C)c(O)c(C(C)(C)C)c2)OC1. The molecule has 58 heavy (non-hydrogen) atoms. The predicted octanol–water partition coefficient (Wildman–Crippen LogP) is 12.2. The molecule has 0 saturated carbocycles. The fourth-order valence-electron chi connectivity index (χ4n) is 9.71. The molecular weight excluding hydrogens is 725 g/mol. The monoisotopic (exact) mass is 813 g/mol. The number of phenols is 1. The maximum atomic E-state index is 12.3. The van der Waals surface area contributed by atoms with E-state index in [1.165, 1.54) is 19.3 Å². The smallest absolute Gasteiger partial charge is 0.306 e. The van der Waals surface area contributed by atoms with Gasteiger partial charge in [-0.2, -0.15) is 0 Å². The Balaban J connectivity index is 0.000000329. The van der Waals surface area contributed by atoms with Crippen LogP contribution in [0.5, 0.6) is 5.75 Å². The Kier molecular flexibility index (Phi) is 17.9. The van der Waals surface area contributed by atoms with E-state index in [2.05, 4.69) is 133 Å². The van der Waals surface area contributed by atoms with Crippen molar-refractivity contribution in [1.82, 2.24) is 10.6 Å². The lowest BCUT2D eigenvalue weighted by atomic mass is 9.78. The molecule has 0 aromatic heterocycles. The second kappa shape index (κ2) is 20.6. The number of benzene rings is 1. The highest BCUT2D eigenvalue weighted by Gasteiger charge is 2.40. The number of phenolic OH excluding ortho intramolecular Hbond substituents is 1. The number of aromatic hydroxyl groups is 1. The average molecular weight is 813 g/mol. The summed E-state index contributed by atoms with van der Waals surface area (Å²) in [7, 11) is 0. The lowest BCUT2D eigenvalue weighted by molar-refractivity contribution is -0.206. The molecule has 334 valence electrons. The van der Waals surface area contributed by atoms with Crippen LogP contribution < -0.4 is 10.6 Å². The zero-order valence-electron chi connectivity index (χ0n) is 40.0. The van der Waals surface area contributed by atoms with E-state index >= 15 is 0 Å². The Bertz CT molecular complexity index is 1330. The molecule has 3 aliphatic heterocycles. The van der Waals surface area contributed by atoms with Crippen LogP contribution >= 0.6 is 0 Å². The van der Waals surface area contributed by atoms with Gasteiger partial charge in [-0.25, -0.2) is 0 Å². The molecule has 0 bridgehead atoms. The van der Waals surface area contributed by atoms with Crippen LogP contribution in [0.4, 0.5) is 0 Å². The van der Waals surface area contributed by atoms with Crippen LogP contribution in [-0.2, 0) is 34.6 Å². The molecule has 0 aliphatic carbocycles. The first-order valence-electron chi connectivity index (χ1n) is 22.8. The Morgan fingerprint density at radius 2 is 1.10 bits per heavy atom. The van der Waals surface area contributed by atoms with Gasteiger partial charge in [0, 0.05) is 72.2 Å². The van der Waals surface area contributed by atoms with E-state index < -0.39 is 0 Å². The van der Waals surface area contributed by atoms with Crippen LogP contribution in [-0.4, -0.2) is 58.7 Å². The van der Waals surface area contributed by atoms with Gasteiger partial charge in [-0.3, -0.25) is 4.79 Å². The first kappa shape index (κ1) is 50.2. The first-order valence-corrected chi connectivity index (χ1v) is 22.8. The van der Waals surface area contributed by atoms with E-state index in [-0.39, 0.29) is 57.5 Å². The van der Waals surface area contributed by atoms with Gasteiger partial charge in [0.15, 0.2) is 6.29 Å². The van der Waals surface area contributed by atoms with Gasteiger partial charge in [0.25, 0.3) is 0 Å². The molecule has 1 aromatic rings. The van der Waals surface area contributed by atoms with Crippen LogP contribution in [0, 0.1) is 5.92 Å². The summed E-state index contributed by atoms with van der Waals surface area (Å²) in [4.78, 5) is 12.3.